The van der Waals surface area contributed by atoms with Crippen LogP contribution in [0.1, 0.15) is 57.9 Å². The number of nitrogens with one attached hydrogen (secondary N) is 1. The van der Waals surface area contributed by atoms with Gasteiger partial charge in [0.05, 0.1) is 6.61 Å². The van der Waals surface area contributed by atoms with Gasteiger partial charge in [-0.3, -0.25) is 0 Å². The lowest BCUT2D eigenvalue weighted by Gasteiger charge is -2.10. The molecular weight excluding hydrogens is 272 g/mol. The molecule has 0 saturated heterocycles. The Kier molecular flexibility index (Phi) is 8.99. The first kappa shape index (κ1) is 17.9. The molecule has 0 aliphatic heterocycles. The third-order valence-corrected chi connectivity index (χ3v) is 3.31. The summed E-state index contributed by atoms with van der Waals surface area (Å²) in [5.41, 5.74) is 0.605. The molecule has 0 saturated carbocycles. The molecule has 1 N–H and O–H groups in total. The highest BCUT2D eigenvalue weighted by Gasteiger charge is 2.12. The van der Waals surface area contributed by atoms with E-state index in [1.165, 1.54) is 25.0 Å². The molecule has 1 aromatic rings. The Morgan fingerprint density at radius 3 is 2.24 bits per heavy atom. The first-order chi connectivity index (χ1) is 10.2. The predicted octanol–water partition coefficient (Wildman–Crippen LogP) is 4.81. The lowest BCUT2D eigenvalue weighted by molar-refractivity contribution is 0.275. The maximum Gasteiger partial charge on any atom is 0.190 e. The maximum atomic E-state index is 13.9. The quantitative estimate of drug-likeness (QED) is 0.592. The number of ether oxygens (including phenoxy) is 1. The second kappa shape index (κ2) is 10.6. The zero-order valence-electron chi connectivity index (χ0n) is 13.2. The third kappa shape index (κ3) is 6.89. The molecule has 0 atom stereocenters. The minimum absolute atomic E-state index is 0.246. The SMILES string of the molecule is CCCCCCCOc1c(F)cc(CNCCC)cc1F. The number of hydrogen-bond donors (Lipinski definition) is 1. The molecule has 0 aliphatic carbocycles. The van der Waals surface area contributed by atoms with Crippen molar-refractivity contribution in [1.82, 2.24) is 5.32 Å². The Bertz CT molecular complexity index is 387. The van der Waals surface area contributed by atoms with Crippen molar-refractivity contribution in [1.29, 1.82) is 0 Å². The molecule has 0 heterocycles. The average Bonchev–Trinajstić information content (AvgIpc) is 2.45. The summed E-state index contributed by atoms with van der Waals surface area (Å²) in [6.45, 7) is 5.87. The first-order valence-corrected chi connectivity index (χ1v) is 8.00. The predicted molar refractivity (Wildman–Crippen MR) is 82.6 cm³/mol. The number of hydrogen-bond acceptors (Lipinski definition) is 2. The van der Waals surface area contributed by atoms with Crippen molar-refractivity contribution >= 4 is 0 Å². The molecular formula is C17H27F2NO. The van der Waals surface area contributed by atoms with E-state index < -0.39 is 11.6 Å². The van der Waals surface area contributed by atoms with Gasteiger partial charge in [-0.25, -0.2) is 8.78 Å². The van der Waals surface area contributed by atoms with Gasteiger partial charge >= 0.3 is 0 Å². The molecule has 1 rings (SSSR count). The van der Waals surface area contributed by atoms with E-state index in [4.69, 9.17) is 4.74 Å². The lowest BCUT2D eigenvalue weighted by Crippen LogP contribution is -2.14. The van der Waals surface area contributed by atoms with Crippen LogP contribution in [0.25, 0.3) is 0 Å². The van der Waals surface area contributed by atoms with Crippen LogP contribution in [0.5, 0.6) is 5.75 Å². The zero-order valence-corrected chi connectivity index (χ0v) is 13.2. The normalized spacial score (nSPS) is 10.9. The van der Waals surface area contributed by atoms with E-state index in [9.17, 15) is 8.78 Å². The molecule has 21 heavy (non-hydrogen) atoms. The van der Waals surface area contributed by atoms with Crippen LogP contribution in [0, 0.1) is 11.6 Å². The third-order valence-electron chi connectivity index (χ3n) is 3.31. The van der Waals surface area contributed by atoms with Gasteiger partial charge in [-0.05, 0) is 37.1 Å². The van der Waals surface area contributed by atoms with Gasteiger partial charge in [0, 0.05) is 6.54 Å². The molecule has 0 radical (unpaired) electrons. The monoisotopic (exact) mass is 299 g/mol. The lowest BCUT2D eigenvalue weighted by atomic mass is 10.1. The molecule has 0 spiro atoms. The van der Waals surface area contributed by atoms with Gasteiger partial charge in [0.25, 0.3) is 0 Å². The van der Waals surface area contributed by atoms with Gasteiger partial charge in [-0.15, -0.1) is 0 Å². The fourth-order valence-corrected chi connectivity index (χ4v) is 2.14. The molecule has 0 aliphatic rings. The largest absolute Gasteiger partial charge is 0.488 e. The molecule has 0 bridgehead atoms. The van der Waals surface area contributed by atoms with Gasteiger partial charge < -0.3 is 10.1 Å². The van der Waals surface area contributed by atoms with Crippen molar-refractivity contribution in [3.63, 3.8) is 0 Å². The van der Waals surface area contributed by atoms with Gasteiger partial charge in [-0.2, -0.15) is 0 Å². The van der Waals surface area contributed by atoms with Crippen LogP contribution in [-0.4, -0.2) is 13.2 Å². The molecule has 1 aromatic carbocycles. The van der Waals surface area contributed by atoms with Gasteiger partial charge in [0.1, 0.15) is 0 Å². The molecule has 0 fully saturated rings. The summed E-state index contributed by atoms with van der Waals surface area (Å²) in [5, 5.41) is 3.12. The van der Waals surface area contributed by atoms with E-state index in [2.05, 4.69) is 12.2 Å². The second-order valence-electron chi connectivity index (χ2n) is 5.33. The second-order valence-corrected chi connectivity index (χ2v) is 5.33. The summed E-state index contributed by atoms with van der Waals surface area (Å²) in [7, 11) is 0. The fraction of sp³-hybridized carbons (Fsp3) is 0.647. The average molecular weight is 299 g/mol. The van der Waals surface area contributed by atoms with Crippen molar-refractivity contribution in [2.75, 3.05) is 13.2 Å². The zero-order chi connectivity index (χ0) is 15.5. The summed E-state index contributed by atoms with van der Waals surface area (Å²) in [4.78, 5) is 0. The van der Waals surface area contributed by atoms with Gasteiger partial charge in [0.2, 0.25) is 0 Å². The number of benzene rings is 1. The minimum Gasteiger partial charge on any atom is -0.488 e. The first-order valence-electron chi connectivity index (χ1n) is 8.00. The Morgan fingerprint density at radius 1 is 0.952 bits per heavy atom. The van der Waals surface area contributed by atoms with Crippen LogP contribution in [0.15, 0.2) is 12.1 Å². The van der Waals surface area contributed by atoms with E-state index in [0.29, 0.717) is 18.7 Å². The Morgan fingerprint density at radius 2 is 1.62 bits per heavy atom. The van der Waals surface area contributed by atoms with Crippen molar-refractivity contribution in [3.05, 3.63) is 29.3 Å². The molecule has 2 nitrogen and oxygen atoms in total. The standard InChI is InChI=1S/C17H27F2NO/c1-3-5-6-7-8-10-21-17-15(18)11-14(12-16(17)19)13-20-9-4-2/h11-12,20H,3-10,13H2,1-2H3. The van der Waals surface area contributed by atoms with E-state index in [1.54, 1.807) is 0 Å². The molecule has 0 aromatic heterocycles. The van der Waals surface area contributed by atoms with Crippen LogP contribution in [0.3, 0.4) is 0 Å². The van der Waals surface area contributed by atoms with Crippen LogP contribution in [0.4, 0.5) is 8.78 Å². The molecule has 4 heteroatoms. The van der Waals surface area contributed by atoms with Crippen LogP contribution < -0.4 is 10.1 Å². The fourth-order valence-electron chi connectivity index (χ4n) is 2.14. The summed E-state index contributed by atoms with van der Waals surface area (Å²) in [6.07, 6.45) is 6.38. The van der Waals surface area contributed by atoms with Crippen molar-refractivity contribution in [2.24, 2.45) is 0 Å². The highest BCUT2D eigenvalue weighted by Crippen LogP contribution is 2.23. The summed E-state index contributed by atoms with van der Waals surface area (Å²) >= 11 is 0. The minimum atomic E-state index is -0.614. The Balaban J connectivity index is 2.43. The van der Waals surface area contributed by atoms with Crippen LogP contribution in [0.2, 0.25) is 0 Å². The summed E-state index contributed by atoms with van der Waals surface area (Å²) in [6, 6.07) is 2.69. The van der Waals surface area contributed by atoms with E-state index in [0.717, 1.165) is 32.2 Å². The summed E-state index contributed by atoms with van der Waals surface area (Å²) < 4.78 is 33.0. The van der Waals surface area contributed by atoms with Gasteiger partial charge in [0.15, 0.2) is 17.4 Å². The van der Waals surface area contributed by atoms with Crippen molar-refractivity contribution in [3.8, 4) is 5.75 Å². The van der Waals surface area contributed by atoms with Gasteiger partial charge in [-0.1, -0.05) is 39.5 Å². The highest BCUT2D eigenvalue weighted by atomic mass is 19.1. The Hall–Kier alpha value is -1.16. The highest BCUT2D eigenvalue weighted by molar-refractivity contribution is 5.31. The van der Waals surface area contributed by atoms with E-state index in [1.807, 2.05) is 6.92 Å². The number of unbranched alkanes of at least 4 members (excludes halogenated alkanes) is 4. The Labute approximate surface area is 126 Å². The number of rotatable bonds is 11. The number of halogens is 2. The van der Waals surface area contributed by atoms with Crippen LogP contribution >= 0.6 is 0 Å². The summed E-state index contributed by atoms with van der Waals surface area (Å²) in [5.74, 6) is -1.47. The molecule has 0 amide bonds. The topological polar surface area (TPSA) is 21.3 Å². The van der Waals surface area contributed by atoms with E-state index in [-0.39, 0.29) is 5.75 Å². The van der Waals surface area contributed by atoms with Crippen molar-refractivity contribution < 1.29 is 13.5 Å². The van der Waals surface area contributed by atoms with Crippen LogP contribution in [-0.2, 0) is 6.54 Å². The van der Waals surface area contributed by atoms with E-state index >= 15 is 0 Å². The molecule has 0 unspecified atom stereocenters. The maximum absolute atomic E-state index is 13.9. The molecule has 120 valence electrons. The smallest absolute Gasteiger partial charge is 0.190 e. The van der Waals surface area contributed by atoms with Crippen molar-refractivity contribution in [2.45, 2.75) is 58.9 Å².